The van der Waals surface area contributed by atoms with Gasteiger partial charge in [0.15, 0.2) is 0 Å². The number of nitrogens with zero attached hydrogens (tertiary/aromatic N) is 3. The van der Waals surface area contributed by atoms with Crippen molar-refractivity contribution in [2.75, 3.05) is 0 Å². The number of imide groups is 1. The molecule has 0 radical (unpaired) electrons. The van der Waals surface area contributed by atoms with E-state index in [2.05, 4.69) is 8.29 Å². The highest BCUT2D eigenvalue weighted by Crippen LogP contribution is 2.44. The van der Waals surface area contributed by atoms with Crippen LogP contribution in [0.1, 0.15) is 17.3 Å². The highest BCUT2D eigenvalue weighted by Gasteiger charge is 2.39. The monoisotopic (exact) mass is 331 g/mol. The van der Waals surface area contributed by atoms with E-state index in [1.165, 1.54) is 6.92 Å². The number of halogens is 1. The number of nitrogens with one attached hydrogen (secondary N) is 1. The summed E-state index contributed by atoms with van der Waals surface area (Å²) in [5, 5.41) is 2.98. The summed E-state index contributed by atoms with van der Waals surface area (Å²) in [6, 6.07) is 6.98. The molecule has 0 saturated carbocycles. The molecule has 0 aromatic heterocycles. The number of carbonyl (C=O) groups is 2. The third kappa shape index (κ3) is 1.54. The Morgan fingerprint density at radius 1 is 1.50 bits per heavy atom. The van der Waals surface area contributed by atoms with E-state index in [0.29, 0.717) is 5.56 Å². The van der Waals surface area contributed by atoms with Gasteiger partial charge in [-0.1, -0.05) is 15.2 Å². The van der Waals surface area contributed by atoms with E-state index in [0.717, 1.165) is 6.68 Å². The maximum absolute atomic E-state index is 11.9. The van der Waals surface area contributed by atoms with Gasteiger partial charge in [0.25, 0.3) is 25.6 Å². The van der Waals surface area contributed by atoms with Gasteiger partial charge in [-0.05, 0) is 12.1 Å². The van der Waals surface area contributed by atoms with Gasteiger partial charge in [0.2, 0.25) is 11.1 Å². The number of amides is 2. The summed E-state index contributed by atoms with van der Waals surface area (Å²) in [5.41, 5.74) is 7.26. The van der Waals surface area contributed by atoms with Gasteiger partial charge in [0, 0.05) is 12.5 Å². The van der Waals surface area contributed by atoms with Gasteiger partial charge >= 0.3 is 0 Å². The third-order valence-corrected chi connectivity index (χ3v) is 6.65. The van der Waals surface area contributed by atoms with E-state index in [4.69, 9.17) is 5.53 Å². The van der Waals surface area contributed by atoms with Crippen molar-refractivity contribution < 1.29 is 9.59 Å². The second kappa shape index (κ2) is 4.11. The number of hydrogen-bond acceptors (Lipinski definition) is 4. The van der Waals surface area contributed by atoms with Gasteiger partial charge in [-0.25, -0.2) is 0 Å². The third-order valence-electron chi connectivity index (χ3n) is 2.01. The molecule has 6 nitrogen and oxygen atoms in total. The number of fused-ring (bicyclic) bond motifs is 1. The molecule has 0 atom stereocenters. The molecule has 1 aromatic carbocycles. The SMILES string of the molecule is CC(=O)N1C(=O)c2ccccc2I1#[N+]N=N. The Morgan fingerprint density at radius 3 is 2.81 bits per heavy atom. The average molecular weight is 331 g/mol. The smallest absolute Gasteiger partial charge is 0.274 e. The summed E-state index contributed by atoms with van der Waals surface area (Å²) in [6.07, 6.45) is 0. The molecule has 1 aromatic rings. The molecule has 0 bridgehead atoms. The zero-order valence-corrected chi connectivity index (χ0v) is 10.5. The molecule has 0 unspecified atom stereocenters. The summed E-state index contributed by atoms with van der Waals surface area (Å²) >= 11 is -2.50. The van der Waals surface area contributed by atoms with Crippen molar-refractivity contribution in [3.05, 3.63) is 36.5 Å². The quantitative estimate of drug-likeness (QED) is 0.343. The lowest BCUT2D eigenvalue weighted by Gasteiger charge is -2.04. The van der Waals surface area contributed by atoms with E-state index < -0.39 is 19.7 Å². The first kappa shape index (κ1) is 10.9. The van der Waals surface area contributed by atoms with Crippen molar-refractivity contribution >= 4 is 31.5 Å². The van der Waals surface area contributed by atoms with E-state index in [-0.39, 0.29) is 11.8 Å². The molecule has 1 aliphatic heterocycles. The van der Waals surface area contributed by atoms with Crippen LogP contribution >= 0.6 is 19.7 Å². The topological polar surface area (TPSA) is 78.0 Å². The predicted molar refractivity (Wildman–Crippen MR) is 64.5 cm³/mol. The van der Waals surface area contributed by atoms with Gasteiger partial charge in [0.05, 0.1) is 9.13 Å². The minimum Gasteiger partial charge on any atom is -0.274 e. The van der Waals surface area contributed by atoms with Crippen molar-refractivity contribution in [1.82, 2.24) is 3.11 Å². The van der Waals surface area contributed by atoms with Crippen molar-refractivity contribution in [3.63, 3.8) is 0 Å². The lowest BCUT2D eigenvalue weighted by Crippen LogP contribution is -2.23. The molecular formula is C9H8IN4O2+. The van der Waals surface area contributed by atoms with Crippen molar-refractivity contribution in [2.24, 2.45) is 5.22 Å². The first-order valence-electron chi connectivity index (χ1n) is 4.38. The van der Waals surface area contributed by atoms with E-state index in [9.17, 15) is 9.59 Å². The van der Waals surface area contributed by atoms with Gasteiger partial charge in [-0.3, -0.25) is 9.59 Å². The molecule has 1 aliphatic rings. The first-order valence-corrected chi connectivity index (χ1v) is 7.39. The van der Waals surface area contributed by atoms with E-state index in [1.54, 1.807) is 24.3 Å². The van der Waals surface area contributed by atoms with Crippen molar-refractivity contribution in [3.8, 4) is 0 Å². The van der Waals surface area contributed by atoms with Crippen LogP contribution < -0.4 is 0 Å². The molecule has 0 fully saturated rings. The second-order valence-corrected chi connectivity index (χ2v) is 6.96. The zero-order chi connectivity index (χ0) is 11.7. The maximum Gasteiger partial charge on any atom is 0.300 e. The molecule has 2 rings (SSSR count). The zero-order valence-electron chi connectivity index (χ0n) is 8.35. The maximum atomic E-state index is 11.9. The fraction of sp³-hybridized carbons (Fsp3) is 0.111. The average Bonchev–Trinajstić information content (AvgIpc) is 2.54. The number of benzene rings is 1. The number of hydrogen-bond donors (Lipinski definition) is 1. The second-order valence-electron chi connectivity index (χ2n) is 3.01. The minimum atomic E-state index is -2.50. The van der Waals surface area contributed by atoms with Crippen LogP contribution in [0, 0.1) is 9.10 Å². The molecular weight excluding hydrogens is 323 g/mol. The normalized spacial score (nSPS) is 14.6. The molecule has 2 amide bonds. The van der Waals surface area contributed by atoms with E-state index >= 15 is 0 Å². The lowest BCUT2D eigenvalue weighted by atomic mass is 10.2. The van der Waals surface area contributed by atoms with Crippen LogP contribution in [0.15, 0.2) is 29.5 Å². The van der Waals surface area contributed by atoms with Crippen LogP contribution in [0.3, 0.4) is 0 Å². The van der Waals surface area contributed by atoms with Gasteiger partial charge in [-0.2, -0.15) is 3.11 Å². The number of rotatable bonds is 0. The van der Waals surface area contributed by atoms with Gasteiger partial charge in [0.1, 0.15) is 0 Å². The summed E-state index contributed by atoms with van der Waals surface area (Å²) in [6.45, 7) is 1.33. The minimum absolute atomic E-state index is 0.319. The van der Waals surface area contributed by atoms with Crippen molar-refractivity contribution in [1.29, 1.82) is 5.53 Å². The Balaban J connectivity index is 2.71. The standard InChI is InChI=1S/C9H8IN4O2/c1-6(15)14-9(16)7-4-2-3-5-8(7)10(14)12-13-11/h2-5,11H,1H3/q+1. The van der Waals surface area contributed by atoms with Crippen LogP contribution in [-0.4, -0.2) is 14.9 Å². The Bertz CT molecular complexity index is 584. The Hall–Kier alpha value is -1.60. The fourth-order valence-electron chi connectivity index (χ4n) is 1.42. The summed E-state index contributed by atoms with van der Waals surface area (Å²) in [5.74, 6) is -0.653. The van der Waals surface area contributed by atoms with Gasteiger partial charge in [-0.15, -0.1) is 0 Å². The molecule has 0 spiro atoms. The largest absolute Gasteiger partial charge is 0.300 e. The highest BCUT2D eigenvalue weighted by molar-refractivity contribution is 14.2. The van der Waals surface area contributed by atoms with E-state index in [1.807, 2.05) is 0 Å². The molecule has 1 N–H and O–H groups in total. The molecule has 0 aliphatic carbocycles. The Labute approximate surface area is 98.4 Å². The van der Waals surface area contributed by atoms with Crippen LogP contribution in [-0.2, 0) is 4.79 Å². The molecule has 82 valence electrons. The number of carbonyl (C=O) groups excluding carboxylic acids is 2. The molecule has 16 heavy (non-hydrogen) atoms. The Kier molecular flexibility index (Phi) is 2.80. The predicted octanol–water partition coefficient (Wildman–Crippen LogP) is 2.51. The molecule has 1 heterocycles. The van der Waals surface area contributed by atoms with Crippen LogP contribution in [0.5, 0.6) is 0 Å². The first-order chi connectivity index (χ1) is 7.66. The lowest BCUT2D eigenvalue weighted by molar-refractivity contribution is -0.121. The Morgan fingerprint density at radius 2 is 2.19 bits per heavy atom. The van der Waals surface area contributed by atoms with Crippen molar-refractivity contribution in [2.45, 2.75) is 6.92 Å². The summed E-state index contributed by atoms with van der Waals surface area (Å²) in [7, 11) is 0. The summed E-state index contributed by atoms with van der Waals surface area (Å²) in [4.78, 5) is 23.3. The molecule has 0 saturated heterocycles. The van der Waals surface area contributed by atoms with Crippen LogP contribution in [0.25, 0.3) is 3.07 Å². The van der Waals surface area contributed by atoms with Gasteiger partial charge < -0.3 is 0 Å². The van der Waals surface area contributed by atoms with Crippen LogP contribution in [0.4, 0.5) is 0 Å². The highest BCUT2D eigenvalue weighted by atomic mass is 127. The fourth-order valence-corrected chi connectivity index (χ4v) is 5.35. The summed E-state index contributed by atoms with van der Waals surface area (Å²) < 4.78 is 5.68. The van der Waals surface area contributed by atoms with Crippen LogP contribution in [0.2, 0.25) is 0 Å². The molecule has 7 heteroatoms.